The zero-order chi connectivity index (χ0) is 17.2. The summed E-state index contributed by atoms with van der Waals surface area (Å²) >= 11 is 0. The molecule has 0 amide bonds. The Hall–Kier alpha value is -2.27. The first-order valence-electron chi connectivity index (χ1n) is 7.64. The largest absolute Gasteiger partial charge is 0.507 e. The molecule has 5 heteroatoms. The van der Waals surface area contributed by atoms with Crippen LogP contribution in [0, 0.1) is 13.8 Å². The number of phenolic OH excluding ortho intramolecular Hbond substituents is 2. The van der Waals surface area contributed by atoms with Crippen molar-refractivity contribution < 1.29 is 15.3 Å². The Kier molecular flexibility index (Phi) is 4.80. The Morgan fingerprint density at radius 2 is 1.83 bits per heavy atom. The predicted octanol–water partition coefficient (Wildman–Crippen LogP) is 3.24. The Bertz CT molecular complexity index is 711. The molecule has 0 aliphatic rings. The van der Waals surface area contributed by atoms with Crippen LogP contribution < -0.4 is 0 Å². The average molecular weight is 316 g/mol. The van der Waals surface area contributed by atoms with E-state index >= 15 is 0 Å². The van der Waals surface area contributed by atoms with Crippen LogP contribution in [0.2, 0.25) is 0 Å². The van der Waals surface area contributed by atoms with Gasteiger partial charge >= 0.3 is 0 Å². The fourth-order valence-electron chi connectivity index (χ4n) is 2.44. The smallest absolute Gasteiger partial charge is 0.126 e. The van der Waals surface area contributed by atoms with Crippen molar-refractivity contribution in [3.05, 3.63) is 40.7 Å². The van der Waals surface area contributed by atoms with Crippen molar-refractivity contribution in [1.82, 2.24) is 9.78 Å². The minimum atomic E-state index is -0.843. The van der Waals surface area contributed by atoms with E-state index in [2.05, 4.69) is 5.10 Å². The van der Waals surface area contributed by atoms with Crippen LogP contribution in [-0.4, -0.2) is 30.7 Å². The van der Waals surface area contributed by atoms with Gasteiger partial charge in [-0.25, -0.2) is 4.68 Å². The van der Waals surface area contributed by atoms with Gasteiger partial charge in [-0.2, -0.15) is 5.10 Å². The standard InChI is InChI=1S/C18H24N2O3/c1-12-13(2)17(22)15(7-11-20-10-5-9-19-20)14(16(12)21)6-8-18(3,4)23/h5,7,9-11,21-23H,6,8H2,1-4H3. The molecule has 23 heavy (non-hydrogen) atoms. The molecule has 0 unspecified atom stereocenters. The second-order valence-corrected chi connectivity index (χ2v) is 6.45. The minimum Gasteiger partial charge on any atom is -0.507 e. The molecular formula is C18H24N2O3. The van der Waals surface area contributed by atoms with Gasteiger partial charge in [0.2, 0.25) is 0 Å². The fourth-order valence-corrected chi connectivity index (χ4v) is 2.44. The van der Waals surface area contributed by atoms with Crippen LogP contribution in [0.5, 0.6) is 11.5 Å². The summed E-state index contributed by atoms with van der Waals surface area (Å²) in [6.07, 6.45) is 7.83. The van der Waals surface area contributed by atoms with Crippen molar-refractivity contribution >= 4 is 12.3 Å². The summed E-state index contributed by atoms with van der Waals surface area (Å²) in [6.45, 7) is 7.00. The quantitative estimate of drug-likeness (QED) is 0.740. The summed E-state index contributed by atoms with van der Waals surface area (Å²) in [7, 11) is 0. The third-order valence-electron chi connectivity index (χ3n) is 4.04. The third-order valence-corrected chi connectivity index (χ3v) is 4.04. The zero-order valence-electron chi connectivity index (χ0n) is 14.0. The maximum Gasteiger partial charge on any atom is 0.126 e. The second kappa shape index (κ2) is 6.46. The van der Waals surface area contributed by atoms with Gasteiger partial charge in [-0.05, 0) is 63.8 Å². The predicted molar refractivity (Wildman–Crippen MR) is 91.3 cm³/mol. The molecule has 0 atom stereocenters. The lowest BCUT2D eigenvalue weighted by atomic mass is 9.90. The molecule has 2 rings (SSSR count). The fraction of sp³-hybridized carbons (Fsp3) is 0.389. The van der Waals surface area contributed by atoms with E-state index in [0.29, 0.717) is 35.1 Å². The number of benzene rings is 1. The molecule has 0 aliphatic carbocycles. The van der Waals surface area contributed by atoms with Crippen molar-refractivity contribution in [2.45, 2.75) is 46.1 Å². The maximum absolute atomic E-state index is 10.5. The highest BCUT2D eigenvalue weighted by atomic mass is 16.3. The minimum absolute atomic E-state index is 0.148. The van der Waals surface area contributed by atoms with E-state index in [-0.39, 0.29) is 11.5 Å². The van der Waals surface area contributed by atoms with Gasteiger partial charge in [-0.15, -0.1) is 0 Å². The number of nitrogens with zero attached hydrogens (tertiary/aromatic N) is 2. The highest BCUT2D eigenvalue weighted by molar-refractivity contribution is 5.73. The third kappa shape index (κ3) is 3.93. The molecule has 0 radical (unpaired) electrons. The lowest BCUT2D eigenvalue weighted by molar-refractivity contribution is 0.0712. The summed E-state index contributed by atoms with van der Waals surface area (Å²) in [4.78, 5) is 0. The van der Waals surface area contributed by atoms with E-state index in [1.165, 1.54) is 0 Å². The van der Waals surface area contributed by atoms with E-state index in [4.69, 9.17) is 0 Å². The summed E-state index contributed by atoms with van der Waals surface area (Å²) < 4.78 is 1.62. The first-order chi connectivity index (χ1) is 10.7. The second-order valence-electron chi connectivity index (χ2n) is 6.45. The molecule has 3 N–H and O–H groups in total. The van der Waals surface area contributed by atoms with Crippen LogP contribution in [-0.2, 0) is 6.42 Å². The van der Waals surface area contributed by atoms with E-state index in [1.54, 1.807) is 63.1 Å². The van der Waals surface area contributed by atoms with Gasteiger partial charge in [-0.1, -0.05) is 0 Å². The first-order valence-corrected chi connectivity index (χ1v) is 7.64. The van der Waals surface area contributed by atoms with Crippen LogP contribution >= 0.6 is 0 Å². The van der Waals surface area contributed by atoms with Crippen molar-refractivity contribution in [3.8, 4) is 11.5 Å². The van der Waals surface area contributed by atoms with Crippen LogP contribution in [0.1, 0.15) is 42.5 Å². The lowest BCUT2D eigenvalue weighted by Crippen LogP contribution is -2.19. The maximum atomic E-state index is 10.5. The topological polar surface area (TPSA) is 78.5 Å². The Balaban J connectivity index is 2.49. The van der Waals surface area contributed by atoms with E-state index in [1.807, 2.05) is 0 Å². The van der Waals surface area contributed by atoms with Gasteiger partial charge in [0.15, 0.2) is 0 Å². The van der Waals surface area contributed by atoms with Gasteiger partial charge in [0.25, 0.3) is 0 Å². The SMILES string of the molecule is Cc1c(C)c(O)c(CCC(C)(C)O)c(C=Cn2cccn2)c1O. The molecule has 1 aromatic carbocycles. The number of rotatable bonds is 5. The molecule has 0 bridgehead atoms. The number of aromatic nitrogens is 2. The molecule has 2 aromatic rings. The van der Waals surface area contributed by atoms with Crippen LogP contribution in [0.3, 0.4) is 0 Å². The van der Waals surface area contributed by atoms with E-state index in [0.717, 1.165) is 0 Å². The summed E-state index contributed by atoms with van der Waals surface area (Å²) in [5.74, 6) is 0.319. The molecule has 1 aromatic heterocycles. The van der Waals surface area contributed by atoms with Crippen molar-refractivity contribution in [2.24, 2.45) is 0 Å². The molecule has 0 spiro atoms. The Morgan fingerprint density at radius 3 is 2.39 bits per heavy atom. The normalized spacial score (nSPS) is 12.2. The summed E-state index contributed by atoms with van der Waals surface area (Å²) in [5, 5.41) is 35.0. The average Bonchev–Trinajstić information content (AvgIpc) is 2.98. The van der Waals surface area contributed by atoms with Crippen LogP contribution in [0.4, 0.5) is 0 Å². The Morgan fingerprint density at radius 1 is 1.17 bits per heavy atom. The van der Waals surface area contributed by atoms with Crippen molar-refractivity contribution in [3.63, 3.8) is 0 Å². The first kappa shape index (κ1) is 17.1. The van der Waals surface area contributed by atoms with Crippen molar-refractivity contribution in [2.75, 3.05) is 0 Å². The van der Waals surface area contributed by atoms with Gasteiger partial charge in [-0.3, -0.25) is 0 Å². The van der Waals surface area contributed by atoms with Gasteiger partial charge in [0.1, 0.15) is 11.5 Å². The summed E-state index contributed by atoms with van der Waals surface area (Å²) in [5.41, 5.74) is 1.66. The number of hydrogen-bond donors (Lipinski definition) is 3. The molecule has 5 nitrogen and oxygen atoms in total. The molecule has 0 fully saturated rings. The summed E-state index contributed by atoms with van der Waals surface area (Å²) in [6, 6.07) is 1.80. The van der Waals surface area contributed by atoms with Crippen LogP contribution in [0.15, 0.2) is 18.5 Å². The van der Waals surface area contributed by atoms with Crippen LogP contribution in [0.25, 0.3) is 12.3 Å². The molecular weight excluding hydrogens is 292 g/mol. The van der Waals surface area contributed by atoms with Crippen molar-refractivity contribution in [1.29, 1.82) is 0 Å². The Labute approximate surface area is 136 Å². The molecule has 0 saturated carbocycles. The number of aromatic hydroxyl groups is 2. The highest BCUT2D eigenvalue weighted by Gasteiger charge is 2.20. The molecule has 124 valence electrons. The van der Waals surface area contributed by atoms with Gasteiger partial charge in [0.05, 0.1) is 5.60 Å². The number of hydrogen-bond acceptors (Lipinski definition) is 4. The van der Waals surface area contributed by atoms with E-state index < -0.39 is 5.60 Å². The monoisotopic (exact) mass is 316 g/mol. The molecule has 0 saturated heterocycles. The molecule has 0 aliphatic heterocycles. The number of aliphatic hydroxyl groups is 1. The van der Waals surface area contributed by atoms with E-state index in [9.17, 15) is 15.3 Å². The van der Waals surface area contributed by atoms with Gasteiger partial charge < -0.3 is 15.3 Å². The molecule has 1 heterocycles. The lowest BCUT2D eigenvalue weighted by Gasteiger charge is -2.20. The number of phenols is 2. The zero-order valence-corrected chi connectivity index (χ0v) is 14.0. The van der Waals surface area contributed by atoms with Gasteiger partial charge in [0, 0.05) is 29.7 Å². The highest BCUT2D eigenvalue weighted by Crippen LogP contribution is 2.38.